The van der Waals surface area contributed by atoms with Crippen molar-refractivity contribution in [2.75, 3.05) is 36.2 Å². The van der Waals surface area contributed by atoms with Gasteiger partial charge in [-0.2, -0.15) is 0 Å². The van der Waals surface area contributed by atoms with Crippen LogP contribution in [0.5, 0.6) is 0 Å². The standard InChI is InChI=1S/C17H21N3O/c1-4-18-16-11-6-5-10-15(16)17(21)19-13-8-7-9-14(12-13)20(2)3/h5-12,18H,4H2,1-3H3,(H,19,21). The number of anilines is 3. The van der Waals surface area contributed by atoms with Crippen molar-refractivity contribution in [3.05, 3.63) is 54.1 Å². The monoisotopic (exact) mass is 283 g/mol. The van der Waals surface area contributed by atoms with Crippen LogP contribution in [0.1, 0.15) is 17.3 Å². The fourth-order valence-electron chi connectivity index (χ4n) is 2.09. The lowest BCUT2D eigenvalue weighted by Crippen LogP contribution is -2.15. The zero-order chi connectivity index (χ0) is 15.2. The quantitative estimate of drug-likeness (QED) is 0.883. The normalized spacial score (nSPS) is 10.0. The van der Waals surface area contributed by atoms with E-state index in [4.69, 9.17) is 0 Å². The molecule has 4 heteroatoms. The van der Waals surface area contributed by atoms with Gasteiger partial charge in [-0.25, -0.2) is 0 Å². The van der Waals surface area contributed by atoms with E-state index in [0.29, 0.717) is 5.56 Å². The van der Waals surface area contributed by atoms with Crippen LogP contribution in [-0.4, -0.2) is 26.5 Å². The van der Waals surface area contributed by atoms with Crippen LogP contribution in [0.25, 0.3) is 0 Å². The fourth-order valence-corrected chi connectivity index (χ4v) is 2.09. The molecule has 0 fully saturated rings. The summed E-state index contributed by atoms with van der Waals surface area (Å²) < 4.78 is 0. The van der Waals surface area contributed by atoms with E-state index in [0.717, 1.165) is 23.6 Å². The lowest BCUT2D eigenvalue weighted by atomic mass is 10.1. The Hall–Kier alpha value is -2.49. The molecule has 0 unspecified atom stereocenters. The summed E-state index contributed by atoms with van der Waals surface area (Å²) in [5.41, 5.74) is 3.33. The van der Waals surface area contributed by atoms with Crippen molar-refractivity contribution in [3.8, 4) is 0 Å². The van der Waals surface area contributed by atoms with Gasteiger partial charge in [-0.05, 0) is 37.3 Å². The van der Waals surface area contributed by atoms with Gasteiger partial charge in [0.2, 0.25) is 0 Å². The zero-order valence-corrected chi connectivity index (χ0v) is 12.7. The van der Waals surface area contributed by atoms with Gasteiger partial charge in [-0.1, -0.05) is 18.2 Å². The van der Waals surface area contributed by atoms with E-state index < -0.39 is 0 Å². The summed E-state index contributed by atoms with van der Waals surface area (Å²) in [6, 6.07) is 15.3. The van der Waals surface area contributed by atoms with Gasteiger partial charge in [-0.3, -0.25) is 4.79 Å². The molecule has 0 heterocycles. The van der Waals surface area contributed by atoms with Gasteiger partial charge in [-0.15, -0.1) is 0 Å². The highest BCUT2D eigenvalue weighted by molar-refractivity contribution is 6.08. The molecule has 0 saturated heterocycles. The van der Waals surface area contributed by atoms with Crippen LogP contribution in [0.15, 0.2) is 48.5 Å². The van der Waals surface area contributed by atoms with E-state index in [1.165, 1.54) is 0 Å². The molecule has 0 atom stereocenters. The number of para-hydroxylation sites is 1. The molecule has 0 aliphatic heterocycles. The SMILES string of the molecule is CCNc1ccccc1C(=O)Nc1cccc(N(C)C)c1. The van der Waals surface area contributed by atoms with E-state index in [1.807, 2.05) is 74.4 Å². The second-order valence-corrected chi connectivity index (χ2v) is 4.97. The highest BCUT2D eigenvalue weighted by Crippen LogP contribution is 2.20. The minimum absolute atomic E-state index is 0.109. The zero-order valence-electron chi connectivity index (χ0n) is 12.7. The van der Waals surface area contributed by atoms with E-state index in [1.54, 1.807) is 0 Å². The summed E-state index contributed by atoms with van der Waals surface area (Å²) in [5.74, 6) is -0.109. The number of nitrogens with zero attached hydrogens (tertiary/aromatic N) is 1. The van der Waals surface area contributed by atoms with Crippen molar-refractivity contribution < 1.29 is 4.79 Å². The number of hydrogen-bond donors (Lipinski definition) is 2. The van der Waals surface area contributed by atoms with E-state index in [2.05, 4.69) is 10.6 Å². The first kappa shape index (κ1) is 14.9. The Kier molecular flexibility index (Phi) is 4.82. The Bertz CT molecular complexity index is 623. The molecule has 110 valence electrons. The molecule has 2 aromatic rings. The van der Waals surface area contributed by atoms with Crippen LogP contribution < -0.4 is 15.5 Å². The summed E-state index contributed by atoms with van der Waals surface area (Å²) in [6.07, 6.45) is 0. The first-order chi connectivity index (χ1) is 10.1. The number of hydrogen-bond acceptors (Lipinski definition) is 3. The smallest absolute Gasteiger partial charge is 0.257 e. The largest absolute Gasteiger partial charge is 0.385 e. The lowest BCUT2D eigenvalue weighted by Gasteiger charge is -2.15. The average molecular weight is 283 g/mol. The van der Waals surface area contributed by atoms with Crippen LogP contribution in [0.2, 0.25) is 0 Å². The first-order valence-corrected chi connectivity index (χ1v) is 7.03. The van der Waals surface area contributed by atoms with E-state index in [9.17, 15) is 4.79 Å². The average Bonchev–Trinajstić information content (AvgIpc) is 2.48. The summed E-state index contributed by atoms with van der Waals surface area (Å²) in [7, 11) is 3.95. The molecule has 2 rings (SSSR count). The number of rotatable bonds is 5. The van der Waals surface area contributed by atoms with Crippen LogP contribution in [-0.2, 0) is 0 Å². The topological polar surface area (TPSA) is 44.4 Å². The highest BCUT2D eigenvalue weighted by Gasteiger charge is 2.11. The Labute approximate surface area is 125 Å². The van der Waals surface area contributed by atoms with Gasteiger partial charge in [0.15, 0.2) is 0 Å². The maximum absolute atomic E-state index is 12.4. The Morgan fingerprint density at radius 2 is 1.86 bits per heavy atom. The first-order valence-electron chi connectivity index (χ1n) is 7.03. The number of benzene rings is 2. The Balaban J connectivity index is 2.20. The molecule has 0 saturated carbocycles. The Morgan fingerprint density at radius 3 is 2.57 bits per heavy atom. The lowest BCUT2D eigenvalue weighted by molar-refractivity contribution is 0.102. The summed E-state index contributed by atoms with van der Waals surface area (Å²) in [4.78, 5) is 14.4. The van der Waals surface area contributed by atoms with Crippen molar-refractivity contribution in [1.82, 2.24) is 0 Å². The molecular formula is C17H21N3O. The fraction of sp³-hybridized carbons (Fsp3) is 0.235. The molecule has 0 radical (unpaired) electrons. The van der Waals surface area contributed by atoms with Crippen molar-refractivity contribution in [2.24, 2.45) is 0 Å². The molecule has 21 heavy (non-hydrogen) atoms. The number of carbonyl (C=O) groups excluding carboxylic acids is 1. The van der Waals surface area contributed by atoms with E-state index in [-0.39, 0.29) is 5.91 Å². The van der Waals surface area contributed by atoms with Crippen molar-refractivity contribution in [2.45, 2.75) is 6.92 Å². The number of amides is 1. The predicted octanol–water partition coefficient (Wildman–Crippen LogP) is 3.44. The molecule has 1 amide bonds. The molecule has 2 aromatic carbocycles. The van der Waals surface area contributed by atoms with Gasteiger partial charge in [0.05, 0.1) is 5.56 Å². The summed E-state index contributed by atoms with van der Waals surface area (Å²) >= 11 is 0. The summed E-state index contributed by atoms with van der Waals surface area (Å²) in [6.45, 7) is 2.79. The van der Waals surface area contributed by atoms with Crippen LogP contribution in [0.4, 0.5) is 17.1 Å². The maximum atomic E-state index is 12.4. The van der Waals surface area contributed by atoms with Gasteiger partial charge < -0.3 is 15.5 Å². The molecule has 0 aliphatic carbocycles. The van der Waals surface area contributed by atoms with Gasteiger partial charge >= 0.3 is 0 Å². The molecule has 0 aromatic heterocycles. The van der Waals surface area contributed by atoms with Gasteiger partial charge in [0.25, 0.3) is 5.91 Å². The third-order valence-electron chi connectivity index (χ3n) is 3.16. The highest BCUT2D eigenvalue weighted by atomic mass is 16.1. The second-order valence-electron chi connectivity index (χ2n) is 4.97. The molecule has 0 aliphatic rings. The predicted molar refractivity (Wildman–Crippen MR) is 89.3 cm³/mol. The molecule has 0 spiro atoms. The molecule has 2 N–H and O–H groups in total. The van der Waals surface area contributed by atoms with Crippen LogP contribution in [0.3, 0.4) is 0 Å². The van der Waals surface area contributed by atoms with Crippen molar-refractivity contribution in [1.29, 1.82) is 0 Å². The number of nitrogens with one attached hydrogen (secondary N) is 2. The van der Waals surface area contributed by atoms with E-state index >= 15 is 0 Å². The van der Waals surface area contributed by atoms with Gasteiger partial charge in [0, 0.05) is 37.7 Å². The minimum atomic E-state index is -0.109. The summed E-state index contributed by atoms with van der Waals surface area (Å²) in [5, 5.41) is 6.15. The number of carbonyl (C=O) groups is 1. The van der Waals surface area contributed by atoms with Crippen molar-refractivity contribution >= 4 is 23.0 Å². The maximum Gasteiger partial charge on any atom is 0.257 e. The second kappa shape index (κ2) is 6.79. The van der Waals surface area contributed by atoms with Crippen LogP contribution in [0, 0.1) is 0 Å². The minimum Gasteiger partial charge on any atom is -0.385 e. The molecule has 4 nitrogen and oxygen atoms in total. The van der Waals surface area contributed by atoms with Gasteiger partial charge in [0.1, 0.15) is 0 Å². The molecule has 0 bridgehead atoms. The van der Waals surface area contributed by atoms with Crippen LogP contribution >= 0.6 is 0 Å². The Morgan fingerprint density at radius 1 is 1.10 bits per heavy atom. The molecular weight excluding hydrogens is 262 g/mol. The van der Waals surface area contributed by atoms with Crippen molar-refractivity contribution in [3.63, 3.8) is 0 Å². The third kappa shape index (κ3) is 3.75. The third-order valence-corrected chi connectivity index (χ3v) is 3.16.